The van der Waals surface area contributed by atoms with Crippen LogP contribution in [-0.4, -0.2) is 63.6 Å². The number of Topliss-reactive ketones (excluding diaryl/α,β-unsaturated/α-hetero) is 1. The van der Waals surface area contributed by atoms with Crippen LogP contribution in [0.3, 0.4) is 0 Å². The van der Waals surface area contributed by atoms with Crippen LogP contribution >= 0.6 is 0 Å². The number of aliphatic hydroxyl groups is 2. The average Bonchev–Trinajstić information content (AvgIpc) is 2.92. The van der Waals surface area contributed by atoms with E-state index in [-0.39, 0.29) is 36.4 Å². The fourth-order valence-corrected chi connectivity index (χ4v) is 9.30. The van der Waals surface area contributed by atoms with Gasteiger partial charge in [0.05, 0.1) is 23.7 Å². The molecule has 1 aromatic carbocycles. The van der Waals surface area contributed by atoms with Crippen LogP contribution in [0.15, 0.2) is 66.8 Å². The lowest BCUT2D eigenvalue weighted by atomic mass is 9.36. The van der Waals surface area contributed by atoms with Gasteiger partial charge in [-0.15, -0.1) is 0 Å². The van der Waals surface area contributed by atoms with Crippen molar-refractivity contribution in [3.63, 3.8) is 0 Å². The fraction of sp³-hybridized carbons (Fsp3) is 0.583. The van der Waals surface area contributed by atoms with Crippen LogP contribution in [0.25, 0.3) is 0 Å². The Morgan fingerprint density at radius 2 is 1.52 bits per heavy atom. The molecule has 0 aromatic heterocycles. The summed E-state index contributed by atoms with van der Waals surface area (Å²) < 4.78 is 18.6. The summed E-state index contributed by atoms with van der Waals surface area (Å²) in [5, 5.41) is 25.7. The highest BCUT2D eigenvalue weighted by atomic mass is 16.6. The molecule has 2 bridgehead atoms. The Morgan fingerprint density at radius 1 is 0.932 bits per heavy atom. The molecule has 1 saturated heterocycles. The zero-order chi connectivity index (χ0) is 33.1. The number of esters is 2. The molecule has 3 unspecified atom stereocenters. The third-order valence-corrected chi connectivity index (χ3v) is 12.9. The van der Waals surface area contributed by atoms with E-state index < -0.39 is 68.5 Å². The number of carbonyl (C=O) groups excluding carboxylic acids is 3. The number of ketones is 1. The molecule has 1 aromatic rings. The van der Waals surface area contributed by atoms with E-state index in [2.05, 4.69) is 19.7 Å². The van der Waals surface area contributed by atoms with Crippen molar-refractivity contribution in [1.29, 1.82) is 0 Å². The van der Waals surface area contributed by atoms with Gasteiger partial charge in [0.25, 0.3) is 0 Å². The molecule has 44 heavy (non-hydrogen) atoms. The van der Waals surface area contributed by atoms with Crippen molar-refractivity contribution in [3.8, 4) is 0 Å². The quantitative estimate of drug-likeness (QED) is 0.359. The molecule has 1 aliphatic heterocycles. The van der Waals surface area contributed by atoms with E-state index in [1.54, 1.807) is 37.3 Å². The maximum atomic E-state index is 14.5. The van der Waals surface area contributed by atoms with Gasteiger partial charge in [0.15, 0.2) is 11.4 Å². The topological polar surface area (TPSA) is 119 Å². The average molecular weight is 607 g/mol. The Bertz CT molecular complexity index is 1490. The lowest BCUT2D eigenvalue weighted by molar-refractivity contribution is -0.338. The van der Waals surface area contributed by atoms with Gasteiger partial charge in [0.1, 0.15) is 17.8 Å². The fourth-order valence-electron chi connectivity index (χ4n) is 9.30. The minimum atomic E-state index is -1.99. The summed E-state index contributed by atoms with van der Waals surface area (Å²) in [6.07, 6.45) is -2.60. The molecule has 1 heterocycles. The summed E-state index contributed by atoms with van der Waals surface area (Å²) in [6.45, 7) is 26.9. The summed E-state index contributed by atoms with van der Waals surface area (Å²) in [6, 6.07) is 8.41. The van der Waals surface area contributed by atoms with Gasteiger partial charge in [-0.3, -0.25) is 9.59 Å². The van der Waals surface area contributed by atoms with Gasteiger partial charge in [-0.1, -0.05) is 79.5 Å². The third-order valence-electron chi connectivity index (χ3n) is 12.9. The molecular formula is C36H46O8. The van der Waals surface area contributed by atoms with Gasteiger partial charge >= 0.3 is 11.9 Å². The minimum Gasteiger partial charge on any atom is -0.455 e. The molecule has 0 radical (unpaired) electrons. The second kappa shape index (κ2) is 9.47. The van der Waals surface area contributed by atoms with E-state index >= 15 is 0 Å². The Morgan fingerprint density at radius 3 is 2.05 bits per heavy atom. The van der Waals surface area contributed by atoms with Crippen LogP contribution < -0.4 is 0 Å². The van der Waals surface area contributed by atoms with Gasteiger partial charge in [-0.2, -0.15) is 0 Å². The van der Waals surface area contributed by atoms with Crippen molar-refractivity contribution in [2.24, 2.45) is 27.6 Å². The van der Waals surface area contributed by atoms with E-state index in [1.807, 2.05) is 41.5 Å². The van der Waals surface area contributed by atoms with Gasteiger partial charge in [0.2, 0.25) is 0 Å². The highest BCUT2D eigenvalue weighted by Crippen LogP contribution is 2.73. The molecule has 238 valence electrons. The molecule has 5 rings (SSSR count). The highest BCUT2D eigenvalue weighted by Gasteiger charge is 2.80. The summed E-state index contributed by atoms with van der Waals surface area (Å²) >= 11 is 0. The Hall–Kier alpha value is -3.07. The molecule has 8 atom stereocenters. The molecule has 8 nitrogen and oxygen atoms in total. The number of hydrogen-bond donors (Lipinski definition) is 2. The smallest absolute Gasteiger partial charge is 0.338 e. The first-order valence-electron chi connectivity index (χ1n) is 15.2. The summed E-state index contributed by atoms with van der Waals surface area (Å²) in [5.41, 5.74) is -8.24. The summed E-state index contributed by atoms with van der Waals surface area (Å²) in [7, 11) is 0. The maximum Gasteiger partial charge on any atom is 0.338 e. The van der Waals surface area contributed by atoms with Crippen LogP contribution in [0.1, 0.15) is 78.6 Å². The van der Waals surface area contributed by atoms with E-state index in [9.17, 15) is 24.6 Å². The Labute approximate surface area is 260 Å². The molecule has 3 saturated carbocycles. The molecule has 0 spiro atoms. The first-order chi connectivity index (χ1) is 20.1. The van der Waals surface area contributed by atoms with Gasteiger partial charge < -0.3 is 24.4 Å². The van der Waals surface area contributed by atoms with Crippen molar-refractivity contribution in [2.75, 3.05) is 6.61 Å². The lowest BCUT2D eigenvalue weighted by Crippen LogP contribution is -2.80. The van der Waals surface area contributed by atoms with Crippen LogP contribution in [0.4, 0.5) is 0 Å². The molecular weight excluding hydrogens is 560 g/mol. The molecule has 4 aliphatic rings. The predicted octanol–water partition coefficient (Wildman–Crippen LogP) is 5.13. The first kappa shape index (κ1) is 32.3. The zero-order valence-corrected chi connectivity index (χ0v) is 27.2. The highest BCUT2D eigenvalue weighted by molar-refractivity contribution is 5.97. The molecule has 3 aliphatic carbocycles. The van der Waals surface area contributed by atoms with E-state index in [1.165, 1.54) is 6.92 Å². The molecule has 4 fully saturated rings. The van der Waals surface area contributed by atoms with Gasteiger partial charge in [0, 0.05) is 41.4 Å². The Balaban J connectivity index is 1.90. The van der Waals surface area contributed by atoms with Crippen LogP contribution in [0.2, 0.25) is 0 Å². The van der Waals surface area contributed by atoms with Crippen molar-refractivity contribution >= 4 is 17.7 Å². The first-order valence-corrected chi connectivity index (χ1v) is 15.2. The van der Waals surface area contributed by atoms with Crippen molar-refractivity contribution < 1.29 is 38.8 Å². The number of hydrogen-bond acceptors (Lipinski definition) is 8. The molecule has 8 heteroatoms. The monoisotopic (exact) mass is 606 g/mol. The normalized spacial score (nSPS) is 42.5. The third kappa shape index (κ3) is 3.71. The van der Waals surface area contributed by atoms with E-state index in [4.69, 9.17) is 14.2 Å². The van der Waals surface area contributed by atoms with Gasteiger partial charge in [-0.05, 0) is 35.8 Å². The van der Waals surface area contributed by atoms with Gasteiger partial charge in [-0.25, -0.2) is 4.79 Å². The summed E-state index contributed by atoms with van der Waals surface area (Å²) in [5.74, 6) is -2.62. The number of ether oxygens (including phenoxy) is 3. The lowest BCUT2D eigenvalue weighted by Gasteiger charge is -2.71. The molecule has 0 amide bonds. The predicted molar refractivity (Wildman–Crippen MR) is 164 cm³/mol. The second-order valence-electron chi connectivity index (χ2n) is 15.2. The zero-order valence-electron chi connectivity index (χ0n) is 27.2. The number of carbonyl (C=O) groups is 3. The largest absolute Gasteiger partial charge is 0.455 e. The maximum absolute atomic E-state index is 14.5. The van der Waals surface area contributed by atoms with Crippen molar-refractivity contribution in [1.82, 2.24) is 0 Å². The van der Waals surface area contributed by atoms with Crippen LogP contribution in [0.5, 0.6) is 0 Å². The second-order valence-corrected chi connectivity index (χ2v) is 15.2. The van der Waals surface area contributed by atoms with E-state index in [0.717, 1.165) is 0 Å². The Kier molecular flexibility index (Phi) is 6.96. The van der Waals surface area contributed by atoms with Crippen molar-refractivity contribution in [2.45, 2.75) is 97.2 Å². The number of fused-ring (bicyclic) bond motifs is 5. The number of allylic oxidation sites excluding steroid dienone is 1. The minimum absolute atomic E-state index is 0.0754. The van der Waals surface area contributed by atoms with Crippen molar-refractivity contribution in [3.05, 3.63) is 72.4 Å². The van der Waals surface area contributed by atoms with E-state index in [0.29, 0.717) is 11.1 Å². The van der Waals surface area contributed by atoms with Crippen LogP contribution in [0, 0.1) is 27.6 Å². The standard InChI is InChI=1S/C36H46O8/c1-20-21(2)32(9)17-25(38)22(3)34(11)30(5,6)33(10,40)18-36(41,31(34,7)8)28(43-29(39)24-15-13-12-14-16-24)26(32)35(44-23(4)37)19-42-27(20)35/h12-16,26-28,40-41H,1-3,17-19H2,4-11H3/t26?,27-,28?,32-,33?,34+,35-,36-/m1/s1. The number of rotatable bonds is 3. The van der Waals surface area contributed by atoms with Crippen LogP contribution in [-0.2, 0) is 23.8 Å². The SMILES string of the molecule is C=C1C(=C)[C@@]2(C)CC(=O)C(=C)[C@@]3(C)C(C)(C)C(C)(O)C[C@@](O)(C(OC(=O)c4ccccc4)C2[C@]2(OC(C)=O)CO[C@H]12)C3(C)C. The molecule has 2 N–H and O–H groups in total. The summed E-state index contributed by atoms with van der Waals surface area (Å²) in [4.78, 5) is 41.3. The number of benzene rings is 1.